The first-order valence-electron chi connectivity index (χ1n) is 3.53. The zero-order valence-corrected chi connectivity index (χ0v) is 6.42. The van der Waals surface area contributed by atoms with E-state index in [1.807, 2.05) is 0 Å². The lowest BCUT2D eigenvalue weighted by atomic mass is 10.2. The van der Waals surface area contributed by atoms with E-state index >= 15 is 0 Å². The summed E-state index contributed by atoms with van der Waals surface area (Å²) < 4.78 is 13.0. The van der Waals surface area contributed by atoms with E-state index in [1.54, 1.807) is 31.6 Å². The number of nitrogens with one attached hydrogen (secondary N) is 1. The Balaban J connectivity index is 2.61. The van der Waals surface area contributed by atoms with E-state index in [1.165, 1.54) is 0 Å². The molecule has 0 aliphatic heterocycles. The molecule has 11 heavy (non-hydrogen) atoms. The van der Waals surface area contributed by atoms with Gasteiger partial charge in [0, 0.05) is 18.9 Å². The standard InChI is InChI=1S/C8H11FN2/c1-10-6-8(9)7-2-4-11-5-3-7/h2-5,8,10H,6H2,1H3. The Labute approximate surface area is 65.5 Å². The van der Waals surface area contributed by atoms with E-state index < -0.39 is 6.17 Å². The summed E-state index contributed by atoms with van der Waals surface area (Å²) in [7, 11) is 1.73. The van der Waals surface area contributed by atoms with Gasteiger partial charge in [-0.25, -0.2) is 4.39 Å². The molecule has 1 aromatic heterocycles. The fraction of sp³-hybridized carbons (Fsp3) is 0.375. The summed E-state index contributed by atoms with van der Waals surface area (Å²) >= 11 is 0. The van der Waals surface area contributed by atoms with E-state index in [0.717, 1.165) is 0 Å². The molecule has 1 heterocycles. The molecule has 3 heteroatoms. The van der Waals surface area contributed by atoms with Crippen molar-refractivity contribution in [3.05, 3.63) is 30.1 Å². The highest BCUT2D eigenvalue weighted by Crippen LogP contribution is 2.13. The number of hydrogen-bond donors (Lipinski definition) is 1. The van der Waals surface area contributed by atoms with Gasteiger partial charge in [-0.1, -0.05) is 0 Å². The minimum atomic E-state index is -0.928. The first-order valence-corrected chi connectivity index (χ1v) is 3.53. The van der Waals surface area contributed by atoms with Gasteiger partial charge >= 0.3 is 0 Å². The minimum Gasteiger partial charge on any atom is -0.317 e. The Hall–Kier alpha value is -0.960. The quantitative estimate of drug-likeness (QED) is 0.710. The molecular weight excluding hydrogens is 143 g/mol. The Kier molecular flexibility index (Phi) is 2.98. The van der Waals surface area contributed by atoms with Gasteiger partial charge in [-0.3, -0.25) is 4.98 Å². The molecule has 1 atom stereocenters. The summed E-state index contributed by atoms with van der Waals surface area (Å²) in [6.45, 7) is 0.351. The van der Waals surface area contributed by atoms with Gasteiger partial charge < -0.3 is 5.32 Å². The predicted octanol–water partition coefficient (Wildman–Crippen LogP) is 1.31. The van der Waals surface area contributed by atoms with E-state index in [4.69, 9.17) is 0 Å². The molecule has 0 aliphatic rings. The van der Waals surface area contributed by atoms with Crippen LogP contribution in [0.1, 0.15) is 11.7 Å². The second-order valence-corrected chi connectivity index (χ2v) is 2.31. The molecule has 0 radical (unpaired) electrons. The first kappa shape index (κ1) is 8.14. The highest BCUT2D eigenvalue weighted by Gasteiger charge is 2.06. The fourth-order valence-corrected chi connectivity index (χ4v) is 0.869. The molecule has 1 unspecified atom stereocenters. The van der Waals surface area contributed by atoms with Crippen molar-refractivity contribution in [2.75, 3.05) is 13.6 Å². The molecule has 0 aromatic carbocycles. The summed E-state index contributed by atoms with van der Waals surface area (Å²) in [4.78, 5) is 3.80. The Bertz CT molecular complexity index is 201. The first-order chi connectivity index (χ1) is 5.34. The zero-order chi connectivity index (χ0) is 8.10. The van der Waals surface area contributed by atoms with Gasteiger partial charge in [-0.15, -0.1) is 0 Å². The summed E-state index contributed by atoms with van der Waals surface area (Å²) in [5.74, 6) is 0. The van der Waals surface area contributed by atoms with E-state index in [-0.39, 0.29) is 0 Å². The van der Waals surface area contributed by atoms with Crippen molar-refractivity contribution in [1.82, 2.24) is 10.3 Å². The number of hydrogen-bond acceptors (Lipinski definition) is 2. The van der Waals surface area contributed by atoms with E-state index in [0.29, 0.717) is 12.1 Å². The number of alkyl halides is 1. The van der Waals surface area contributed by atoms with Crippen LogP contribution in [-0.4, -0.2) is 18.6 Å². The monoisotopic (exact) mass is 154 g/mol. The summed E-state index contributed by atoms with van der Waals surface area (Å²) in [6, 6.07) is 3.37. The molecule has 2 nitrogen and oxygen atoms in total. The maximum absolute atomic E-state index is 13.0. The number of nitrogens with zero attached hydrogens (tertiary/aromatic N) is 1. The minimum absolute atomic E-state index is 0.351. The normalized spacial score (nSPS) is 12.9. The van der Waals surface area contributed by atoms with Gasteiger partial charge in [0.2, 0.25) is 0 Å². The average Bonchev–Trinajstić information content (AvgIpc) is 2.07. The van der Waals surface area contributed by atoms with Crippen LogP contribution in [0, 0.1) is 0 Å². The van der Waals surface area contributed by atoms with Crippen molar-refractivity contribution in [3.63, 3.8) is 0 Å². The van der Waals surface area contributed by atoms with Gasteiger partial charge in [-0.05, 0) is 24.7 Å². The number of likely N-dealkylation sites (N-methyl/N-ethyl adjacent to an activating group) is 1. The molecule has 0 saturated heterocycles. The van der Waals surface area contributed by atoms with E-state index in [2.05, 4.69) is 10.3 Å². The van der Waals surface area contributed by atoms with Crippen LogP contribution in [0.2, 0.25) is 0 Å². The Morgan fingerprint density at radius 2 is 2.18 bits per heavy atom. The summed E-state index contributed by atoms with van der Waals surface area (Å²) in [6.07, 6.45) is 2.26. The third-order valence-electron chi connectivity index (χ3n) is 1.45. The highest BCUT2D eigenvalue weighted by molar-refractivity contribution is 5.13. The van der Waals surface area contributed by atoms with E-state index in [9.17, 15) is 4.39 Å². The fourth-order valence-electron chi connectivity index (χ4n) is 0.869. The molecule has 0 aliphatic carbocycles. The summed E-state index contributed by atoms with van der Waals surface area (Å²) in [5.41, 5.74) is 0.675. The van der Waals surface area contributed by atoms with Crippen LogP contribution >= 0.6 is 0 Å². The van der Waals surface area contributed by atoms with Crippen LogP contribution in [0.15, 0.2) is 24.5 Å². The van der Waals surface area contributed by atoms with Crippen LogP contribution < -0.4 is 5.32 Å². The van der Waals surface area contributed by atoms with Crippen LogP contribution in [-0.2, 0) is 0 Å². The molecule has 1 aromatic rings. The summed E-state index contributed by atoms with van der Waals surface area (Å²) in [5, 5.41) is 2.77. The van der Waals surface area contributed by atoms with Crippen molar-refractivity contribution < 1.29 is 4.39 Å². The molecule has 60 valence electrons. The molecule has 0 amide bonds. The van der Waals surface area contributed by atoms with Crippen molar-refractivity contribution in [1.29, 1.82) is 0 Å². The zero-order valence-electron chi connectivity index (χ0n) is 6.42. The third-order valence-corrected chi connectivity index (χ3v) is 1.45. The van der Waals surface area contributed by atoms with Crippen LogP contribution in [0.3, 0.4) is 0 Å². The Morgan fingerprint density at radius 3 is 2.73 bits per heavy atom. The lowest BCUT2D eigenvalue weighted by Crippen LogP contribution is -2.13. The second-order valence-electron chi connectivity index (χ2n) is 2.31. The number of rotatable bonds is 3. The molecule has 1 N–H and O–H groups in total. The maximum Gasteiger partial charge on any atom is 0.138 e. The van der Waals surface area contributed by atoms with Gasteiger partial charge in [0.1, 0.15) is 6.17 Å². The molecule has 0 bridgehead atoms. The van der Waals surface area contributed by atoms with Gasteiger partial charge in [0.25, 0.3) is 0 Å². The number of halogens is 1. The largest absolute Gasteiger partial charge is 0.317 e. The van der Waals surface area contributed by atoms with Crippen LogP contribution in [0.5, 0.6) is 0 Å². The average molecular weight is 154 g/mol. The highest BCUT2D eigenvalue weighted by atomic mass is 19.1. The lowest BCUT2D eigenvalue weighted by molar-refractivity contribution is 0.335. The van der Waals surface area contributed by atoms with Crippen LogP contribution in [0.25, 0.3) is 0 Å². The number of aromatic nitrogens is 1. The third kappa shape index (κ3) is 2.27. The molecule has 0 spiro atoms. The van der Waals surface area contributed by atoms with Crippen molar-refractivity contribution in [3.8, 4) is 0 Å². The van der Waals surface area contributed by atoms with Gasteiger partial charge in [-0.2, -0.15) is 0 Å². The van der Waals surface area contributed by atoms with Crippen molar-refractivity contribution in [2.24, 2.45) is 0 Å². The lowest BCUT2D eigenvalue weighted by Gasteiger charge is -2.05. The molecule has 1 rings (SSSR count). The van der Waals surface area contributed by atoms with Crippen molar-refractivity contribution >= 4 is 0 Å². The molecular formula is C8H11FN2. The predicted molar refractivity (Wildman–Crippen MR) is 42.0 cm³/mol. The smallest absolute Gasteiger partial charge is 0.138 e. The van der Waals surface area contributed by atoms with Crippen molar-refractivity contribution in [2.45, 2.75) is 6.17 Å². The SMILES string of the molecule is CNCC(F)c1ccncc1. The topological polar surface area (TPSA) is 24.9 Å². The maximum atomic E-state index is 13.0. The van der Waals surface area contributed by atoms with Gasteiger partial charge in [0.05, 0.1) is 0 Å². The Morgan fingerprint density at radius 1 is 1.55 bits per heavy atom. The van der Waals surface area contributed by atoms with Gasteiger partial charge in [0.15, 0.2) is 0 Å². The number of pyridine rings is 1. The molecule has 0 fully saturated rings. The molecule has 0 saturated carbocycles. The van der Waals surface area contributed by atoms with Crippen LogP contribution in [0.4, 0.5) is 4.39 Å². The second kappa shape index (κ2) is 4.03.